The molecule has 3 N–H and O–H groups in total. The van der Waals surface area contributed by atoms with Crippen molar-refractivity contribution < 1.29 is 32.8 Å². The van der Waals surface area contributed by atoms with Crippen LogP contribution in [0.3, 0.4) is 0 Å². The molecule has 0 aromatic rings. The third-order valence-electron chi connectivity index (χ3n) is 8.81. The normalized spacial score (nSPS) is 13.9. The molecule has 300 valence electrons. The minimum Gasteiger partial charge on any atom is -0.457 e. The van der Waals surface area contributed by atoms with Gasteiger partial charge in [0.25, 0.3) is 0 Å². The van der Waals surface area contributed by atoms with Crippen LogP contribution in [0.2, 0.25) is 0 Å². The zero-order valence-electron chi connectivity index (χ0n) is 33.1. The average molecular weight is 742 g/mol. The topological polar surface area (TPSA) is 117 Å². The van der Waals surface area contributed by atoms with E-state index in [0.717, 1.165) is 51.4 Å². The van der Waals surface area contributed by atoms with E-state index in [1.807, 2.05) is 0 Å². The molecule has 0 aliphatic carbocycles. The van der Waals surface area contributed by atoms with E-state index in [4.69, 9.17) is 24.3 Å². The summed E-state index contributed by atoms with van der Waals surface area (Å²) in [6, 6.07) is 0. The van der Waals surface area contributed by atoms with E-state index < -0.39 is 13.9 Å². The number of esters is 1. The first-order valence-corrected chi connectivity index (χ1v) is 22.5. The molecule has 0 aliphatic rings. The molecule has 0 spiro atoms. The second-order valence-electron chi connectivity index (χ2n) is 13.9. The molecule has 0 aromatic carbocycles. The standard InChI is InChI=1S/C42H80NO7P/c1-3-5-7-9-11-13-15-16-17-18-19-20-21-22-23-24-25-26-28-30-32-34-37-47-39-41(40-49-51(45,46)48-38-36-43)50-42(44)35-33-31-29-27-14-12-10-8-6-4-2/h15-16,18-19,21-22,41H,3-14,17,20,23-40,43H2,1-2H3,(H,45,46)/b16-15-,19-18-,22-21-. The Morgan fingerprint density at radius 3 is 1.55 bits per heavy atom. The molecule has 2 unspecified atom stereocenters. The van der Waals surface area contributed by atoms with Crippen molar-refractivity contribution in [3.63, 3.8) is 0 Å². The second kappa shape index (κ2) is 39.9. The summed E-state index contributed by atoms with van der Waals surface area (Å²) in [6.45, 7) is 4.88. The van der Waals surface area contributed by atoms with Crippen molar-refractivity contribution in [1.29, 1.82) is 0 Å². The van der Waals surface area contributed by atoms with Gasteiger partial charge in [0.05, 0.1) is 19.8 Å². The predicted molar refractivity (Wildman–Crippen MR) is 215 cm³/mol. The van der Waals surface area contributed by atoms with Crippen molar-refractivity contribution in [3.05, 3.63) is 36.5 Å². The summed E-state index contributed by atoms with van der Waals surface area (Å²) in [4.78, 5) is 22.4. The van der Waals surface area contributed by atoms with Crippen molar-refractivity contribution >= 4 is 13.8 Å². The van der Waals surface area contributed by atoms with Gasteiger partial charge in [-0.3, -0.25) is 13.8 Å². The Labute approximate surface area is 314 Å². The number of ether oxygens (including phenoxy) is 2. The minimum atomic E-state index is -4.27. The van der Waals surface area contributed by atoms with Gasteiger partial charge in [0.15, 0.2) is 0 Å². The van der Waals surface area contributed by atoms with Gasteiger partial charge >= 0.3 is 13.8 Å². The fourth-order valence-corrected chi connectivity index (χ4v) is 6.47. The van der Waals surface area contributed by atoms with Gasteiger partial charge in [-0.25, -0.2) is 4.57 Å². The third kappa shape index (κ3) is 39.8. The highest BCUT2D eigenvalue weighted by Gasteiger charge is 2.25. The van der Waals surface area contributed by atoms with E-state index in [9.17, 15) is 14.3 Å². The predicted octanol–water partition coefficient (Wildman–Crippen LogP) is 12.2. The van der Waals surface area contributed by atoms with Crippen molar-refractivity contribution in [2.24, 2.45) is 5.73 Å². The van der Waals surface area contributed by atoms with Crippen LogP contribution in [-0.4, -0.2) is 49.9 Å². The molecule has 0 rings (SSSR count). The van der Waals surface area contributed by atoms with E-state index in [0.29, 0.717) is 13.0 Å². The van der Waals surface area contributed by atoms with Gasteiger partial charge in [-0.2, -0.15) is 0 Å². The molecular weight excluding hydrogens is 661 g/mol. The van der Waals surface area contributed by atoms with Crippen LogP contribution >= 0.6 is 7.82 Å². The summed E-state index contributed by atoms with van der Waals surface area (Å²) < 4.78 is 33.3. The van der Waals surface area contributed by atoms with Gasteiger partial charge in [-0.15, -0.1) is 0 Å². The highest BCUT2D eigenvalue weighted by atomic mass is 31.2. The van der Waals surface area contributed by atoms with Crippen molar-refractivity contribution in [1.82, 2.24) is 0 Å². The lowest BCUT2D eigenvalue weighted by molar-refractivity contribution is -0.154. The molecular formula is C42H80NO7P. The quantitative estimate of drug-likeness (QED) is 0.0276. The first kappa shape index (κ1) is 49.7. The van der Waals surface area contributed by atoms with E-state index in [1.165, 1.54) is 116 Å². The van der Waals surface area contributed by atoms with Crippen LogP contribution in [0.25, 0.3) is 0 Å². The van der Waals surface area contributed by atoms with E-state index >= 15 is 0 Å². The number of rotatable bonds is 40. The van der Waals surface area contributed by atoms with Crippen LogP contribution < -0.4 is 5.73 Å². The van der Waals surface area contributed by atoms with Crippen LogP contribution in [0.5, 0.6) is 0 Å². The molecule has 0 radical (unpaired) electrons. The molecule has 0 heterocycles. The first-order valence-electron chi connectivity index (χ1n) is 21.0. The number of phosphoric acid groups is 1. The molecule has 51 heavy (non-hydrogen) atoms. The van der Waals surface area contributed by atoms with Crippen molar-refractivity contribution in [2.45, 2.75) is 193 Å². The minimum absolute atomic E-state index is 0.0971. The number of hydrogen-bond acceptors (Lipinski definition) is 7. The molecule has 0 saturated heterocycles. The molecule has 0 bridgehead atoms. The smallest absolute Gasteiger partial charge is 0.457 e. The molecule has 0 fully saturated rings. The summed E-state index contributed by atoms with van der Waals surface area (Å²) in [7, 11) is -4.27. The zero-order chi connectivity index (χ0) is 37.4. The maximum absolute atomic E-state index is 12.5. The molecule has 0 saturated carbocycles. The number of phosphoric ester groups is 1. The second-order valence-corrected chi connectivity index (χ2v) is 15.3. The molecule has 0 amide bonds. The third-order valence-corrected chi connectivity index (χ3v) is 9.79. The Kier molecular flexibility index (Phi) is 38.9. The Morgan fingerprint density at radius 1 is 0.588 bits per heavy atom. The summed E-state index contributed by atoms with van der Waals surface area (Å²) in [5.74, 6) is -0.336. The number of allylic oxidation sites excluding steroid dienone is 6. The first-order chi connectivity index (χ1) is 24.9. The van der Waals surface area contributed by atoms with Gasteiger partial charge in [-0.05, 0) is 51.4 Å². The lowest BCUT2D eigenvalue weighted by Gasteiger charge is -2.20. The number of unbranched alkanes of at least 4 members (excludes halogenated alkanes) is 21. The van der Waals surface area contributed by atoms with Crippen LogP contribution in [0.4, 0.5) is 0 Å². The molecule has 0 aromatic heterocycles. The average Bonchev–Trinajstić information content (AvgIpc) is 3.12. The molecule has 2 atom stereocenters. The number of carbonyl (C=O) groups excluding carboxylic acids is 1. The van der Waals surface area contributed by atoms with E-state index in [1.54, 1.807) is 0 Å². The van der Waals surface area contributed by atoms with Gasteiger partial charge in [0.1, 0.15) is 6.10 Å². The van der Waals surface area contributed by atoms with Gasteiger partial charge in [0, 0.05) is 19.6 Å². The molecule has 8 nitrogen and oxygen atoms in total. The Bertz CT molecular complexity index is 879. The van der Waals surface area contributed by atoms with Gasteiger partial charge in [0.2, 0.25) is 0 Å². The van der Waals surface area contributed by atoms with Crippen LogP contribution in [0.1, 0.15) is 187 Å². The van der Waals surface area contributed by atoms with Crippen LogP contribution in [-0.2, 0) is 27.9 Å². The fourth-order valence-electron chi connectivity index (χ4n) is 5.71. The van der Waals surface area contributed by atoms with E-state index in [-0.39, 0.29) is 32.3 Å². The van der Waals surface area contributed by atoms with Crippen molar-refractivity contribution in [3.8, 4) is 0 Å². The lowest BCUT2D eigenvalue weighted by Crippen LogP contribution is -2.28. The highest BCUT2D eigenvalue weighted by molar-refractivity contribution is 7.47. The van der Waals surface area contributed by atoms with Crippen LogP contribution in [0.15, 0.2) is 36.5 Å². The monoisotopic (exact) mass is 742 g/mol. The molecule has 9 heteroatoms. The Hall–Kier alpha value is -1.28. The maximum Gasteiger partial charge on any atom is 0.472 e. The summed E-state index contributed by atoms with van der Waals surface area (Å²) in [5, 5.41) is 0. The summed E-state index contributed by atoms with van der Waals surface area (Å²) in [5.41, 5.74) is 5.36. The SMILES string of the molecule is CCCCCCC/C=C\C/C=C\C/C=C\CCCCCCCCCOCC(COP(=O)(O)OCCN)OC(=O)CCCCCCCCCCCC. The Balaban J connectivity index is 3.99. The lowest BCUT2D eigenvalue weighted by atomic mass is 10.1. The highest BCUT2D eigenvalue weighted by Crippen LogP contribution is 2.43. The fraction of sp³-hybridized carbons (Fsp3) is 0.833. The van der Waals surface area contributed by atoms with Gasteiger partial charge < -0.3 is 20.1 Å². The van der Waals surface area contributed by atoms with Crippen molar-refractivity contribution in [2.75, 3.05) is 33.0 Å². The number of nitrogens with two attached hydrogens (primary N) is 1. The van der Waals surface area contributed by atoms with E-state index in [2.05, 4.69) is 50.3 Å². The number of hydrogen-bond donors (Lipinski definition) is 2. The largest absolute Gasteiger partial charge is 0.472 e. The van der Waals surface area contributed by atoms with Gasteiger partial charge in [-0.1, -0.05) is 166 Å². The maximum atomic E-state index is 12.5. The zero-order valence-corrected chi connectivity index (χ0v) is 34.0. The number of carbonyl (C=O) groups is 1. The summed E-state index contributed by atoms with van der Waals surface area (Å²) >= 11 is 0. The Morgan fingerprint density at radius 2 is 1.04 bits per heavy atom. The summed E-state index contributed by atoms with van der Waals surface area (Å²) in [6.07, 6.45) is 44.5. The molecule has 0 aliphatic heterocycles. The van der Waals surface area contributed by atoms with Crippen LogP contribution in [0, 0.1) is 0 Å².